The zero-order valence-corrected chi connectivity index (χ0v) is 13.4. The minimum atomic E-state index is -0.906. The molecule has 0 radical (unpaired) electrons. The Kier molecular flexibility index (Phi) is 3.72. The number of halogens is 1. The van der Waals surface area contributed by atoms with E-state index in [1.165, 1.54) is 16.8 Å². The van der Waals surface area contributed by atoms with Gasteiger partial charge in [-0.3, -0.25) is 0 Å². The van der Waals surface area contributed by atoms with Gasteiger partial charge in [0.15, 0.2) is 0 Å². The van der Waals surface area contributed by atoms with Crippen LogP contribution < -0.4 is 4.90 Å². The number of carboxylic acids is 1. The molecule has 0 spiro atoms. The molecule has 0 aliphatic carbocycles. The van der Waals surface area contributed by atoms with Gasteiger partial charge in [0.1, 0.15) is 0 Å². The predicted octanol–water partition coefficient (Wildman–Crippen LogP) is 4.54. The first kappa shape index (κ1) is 14.1. The molecular formula is C17H16BrNO2. The summed E-state index contributed by atoms with van der Waals surface area (Å²) in [6, 6.07) is 11.7. The van der Waals surface area contributed by atoms with Gasteiger partial charge in [-0.1, -0.05) is 17.7 Å². The highest BCUT2D eigenvalue weighted by molar-refractivity contribution is 9.10. The number of benzene rings is 2. The van der Waals surface area contributed by atoms with Gasteiger partial charge in [-0.15, -0.1) is 0 Å². The zero-order chi connectivity index (χ0) is 15.0. The summed E-state index contributed by atoms with van der Waals surface area (Å²) in [6.45, 7) is 3.05. The highest BCUT2D eigenvalue weighted by Crippen LogP contribution is 2.38. The Labute approximate surface area is 132 Å². The average molecular weight is 346 g/mol. The lowest BCUT2D eigenvalue weighted by Gasteiger charge is -2.32. The number of nitrogens with zero attached hydrogens (tertiary/aromatic N) is 1. The molecule has 3 nitrogen and oxygen atoms in total. The van der Waals surface area contributed by atoms with Crippen LogP contribution in [0, 0.1) is 6.92 Å². The smallest absolute Gasteiger partial charge is 0.335 e. The summed E-state index contributed by atoms with van der Waals surface area (Å²) in [7, 11) is 0. The van der Waals surface area contributed by atoms with Crippen LogP contribution in [0.1, 0.15) is 27.9 Å². The Balaban J connectivity index is 2.05. The van der Waals surface area contributed by atoms with E-state index in [0.29, 0.717) is 5.56 Å². The largest absolute Gasteiger partial charge is 0.478 e. The Morgan fingerprint density at radius 3 is 2.67 bits per heavy atom. The fourth-order valence-corrected chi connectivity index (χ4v) is 3.43. The molecule has 2 aromatic rings. The van der Waals surface area contributed by atoms with Crippen molar-refractivity contribution in [1.29, 1.82) is 0 Å². The van der Waals surface area contributed by atoms with Gasteiger partial charge in [-0.25, -0.2) is 4.79 Å². The highest BCUT2D eigenvalue weighted by Gasteiger charge is 2.20. The number of carbonyl (C=O) groups is 1. The molecule has 1 aliphatic rings. The van der Waals surface area contributed by atoms with Gasteiger partial charge < -0.3 is 10.0 Å². The van der Waals surface area contributed by atoms with Gasteiger partial charge >= 0.3 is 5.97 Å². The van der Waals surface area contributed by atoms with Crippen molar-refractivity contribution in [1.82, 2.24) is 0 Å². The van der Waals surface area contributed by atoms with Crippen LogP contribution in [0.15, 0.2) is 40.9 Å². The molecule has 0 saturated carbocycles. The predicted molar refractivity (Wildman–Crippen MR) is 87.6 cm³/mol. The first-order chi connectivity index (χ1) is 10.1. The van der Waals surface area contributed by atoms with Crippen LogP contribution >= 0.6 is 15.9 Å². The first-order valence-corrected chi connectivity index (χ1v) is 7.75. The topological polar surface area (TPSA) is 40.5 Å². The normalized spacial score (nSPS) is 13.9. The van der Waals surface area contributed by atoms with E-state index in [2.05, 4.69) is 46.0 Å². The summed E-state index contributed by atoms with van der Waals surface area (Å²) in [5.41, 5.74) is 5.17. The lowest BCUT2D eigenvalue weighted by Crippen LogP contribution is -2.25. The number of aryl methyl sites for hydroxylation is 2. The maximum atomic E-state index is 11.0. The van der Waals surface area contributed by atoms with Crippen LogP contribution in [0.5, 0.6) is 0 Å². The summed E-state index contributed by atoms with van der Waals surface area (Å²) in [5.74, 6) is -0.906. The molecule has 3 rings (SSSR count). The Morgan fingerprint density at radius 1 is 1.19 bits per heavy atom. The summed E-state index contributed by atoms with van der Waals surface area (Å²) >= 11 is 3.51. The van der Waals surface area contributed by atoms with Crippen LogP contribution in [0.2, 0.25) is 0 Å². The van der Waals surface area contributed by atoms with Gasteiger partial charge in [0.2, 0.25) is 0 Å². The van der Waals surface area contributed by atoms with Crippen molar-refractivity contribution in [3.05, 3.63) is 57.6 Å². The quantitative estimate of drug-likeness (QED) is 0.868. The van der Waals surface area contributed by atoms with Gasteiger partial charge in [0.05, 0.1) is 11.3 Å². The van der Waals surface area contributed by atoms with E-state index in [1.807, 2.05) is 6.07 Å². The minimum absolute atomic E-state index is 0.298. The zero-order valence-electron chi connectivity index (χ0n) is 11.8. The number of anilines is 2. The van der Waals surface area contributed by atoms with Crippen LogP contribution in [-0.2, 0) is 6.42 Å². The van der Waals surface area contributed by atoms with Crippen LogP contribution in [0.25, 0.3) is 0 Å². The van der Waals surface area contributed by atoms with E-state index in [1.54, 1.807) is 12.1 Å². The molecular weight excluding hydrogens is 330 g/mol. The molecule has 0 amide bonds. The number of rotatable bonds is 2. The third-order valence-corrected chi connectivity index (χ3v) is 4.47. The van der Waals surface area contributed by atoms with E-state index in [0.717, 1.165) is 29.5 Å². The monoisotopic (exact) mass is 345 g/mol. The van der Waals surface area contributed by atoms with E-state index in [-0.39, 0.29) is 0 Å². The molecule has 2 aromatic carbocycles. The van der Waals surface area contributed by atoms with Crippen molar-refractivity contribution >= 4 is 33.3 Å². The number of hydrogen-bond donors (Lipinski definition) is 1. The van der Waals surface area contributed by atoms with E-state index < -0.39 is 5.97 Å². The number of carboxylic acid groups (broad SMARTS) is 1. The molecule has 108 valence electrons. The molecule has 0 saturated heterocycles. The summed E-state index contributed by atoms with van der Waals surface area (Å²) in [5, 5.41) is 9.06. The van der Waals surface area contributed by atoms with E-state index in [4.69, 9.17) is 5.11 Å². The second-order valence-electron chi connectivity index (χ2n) is 5.36. The molecule has 0 aromatic heterocycles. The molecule has 0 unspecified atom stereocenters. The third-order valence-electron chi connectivity index (χ3n) is 3.84. The Hall–Kier alpha value is -1.81. The first-order valence-electron chi connectivity index (χ1n) is 6.96. The maximum absolute atomic E-state index is 11.0. The lowest BCUT2D eigenvalue weighted by molar-refractivity contribution is 0.0697. The van der Waals surface area contributed by atoms with Crippen molar-refractivity contribution in [3.63, 3.8) is 0 Å². The molecule has 21 heavy (non-hydrogen) atoms. The van der Waals surface area contributed by atoms with Crippen molar-refractivity contribution in [2.75, 3.05) is 11.4 Å². The fourth-order valence-electron chi connectivity index (χ4n) is 2.83. The molecule has 0 fully saturated rings. The number of aromatic carboxylic acids is 1. The van der Waals surface area contributed by atoms with Gasteiger partial charge in [-0.05, 0) is 65.5 Å². The second kappa shape index (κ2) is 5.53. The maximum Gasteiger partial charge on any atom is 0.335 e. The summed E-state index contributed by atoms with van der Waals surface area (Å²) in [6.07, 6.45) is 2.20. The number of fused-ring (bicyclic) bond motifs is 1. The molecule has 0 bridgehead atoms. The average Bonchev–Trinajstić information content (AvgIpc) is 2.46. The minimum Gasteiger partial charge on any atom is -0.478 e. The van der Waals surface area contributed by atoms with E-state index >= 15 is 0 Å². The molecule has 1 N–H and O–H groups in total. The van der Waals surface area contributed by atoms with Gasteiger partial charge in [-0.2, -0.15) is 0 Å². The standard InChI is InChI=1S/C17H16BrNO2/c1-11-4-6-15-12(9-11)3-2-8-19(15)16-7-5-13(17(20)21)10-14(16)18/h4-7,9-10H,2-3,8H2,1H3,(H,20,21). The molecule has 1 aliphatic heterocycles. The van der Waals surface area contributed by atoms with Gasteiger partial charge in [0, 0.05) is 16.7 Å². The summed E-state index contributed by atoms with van der Waals surface area (Å²) in [4.78, 5) is 13.3. The van der Waals surface area contributed by atoms with Crippen molar-refractivity contribution in [2.24, 2.45) is 0 Å². The SMILES string of the molecule is Cc1ccc2c(c1)CCCN2c1ccc(C(=O)O)cc1Br. The lowest BCUT2D eigenvalue weighted by atomic mass is 9.99. The van der Waals surface area contributed by atoms with E-state index in [9.17, 15) is 4.79 Å². The number of hydrogen-bond acceptors (Lipinski definition) is 2. The summed E-state index contributed by atoms with van der Waals surface area (Å²) < 4.78 is 0.816. The third kappa shape index (κ3) is 2.68. The second-order valence-corrected chi connectivity index (χ2v) is 6.21. The van der Waals surface area contributed by atoms with Gasteiger partial charge in [0.25, 0.3) is 0 Å². The van der Waals surface area contributed by atoms with Crippen molar-refractivity contribution in [3.8, 4) is 0 Å². The van der Waals surface area contributed by atoms with Crippen LogP contribution in [0.4, 0.5) is 11.4 Å². The highest BCUT2D eigenvalue weighted by atomic mass is 79.9. The van der Waals surface area contributed by atoms with Crippen molar-refractivity contribution in [2.45, 2.75) is 19.8 Å². The van der Waals surface area contributed by atoms with Crippen molar-refractivity contribution < 1.29 is 9.90 Å². The molecule has 0 atom stereocenters. The fraction of sp³-hybridized carbons (Fsp3) is 0.235. The van der Waals surface area contributed by atoms with Crippen LogP contribution in [-0.4, -0.2) is 17.6 Å². The molecule has 1 heterocycles. The Bertz CT molecular complexity index is 712. The molecule has 4 heteroatoms. The van der Waals surface area contributed by atoms with Crippen LogP contribution in [0.3, 0.4) is 0 Å². The Morgan fingerprint density at radius 2 is 1.95 bits per heavy atom.